The molecule has 132 valence electrons. The number of hydrogen-bond acceptors (Lipinski definition) is 6. The van der Waals surface area contributed by atoms with E-state index in [2.05, 4.69) is 45.9 Å². The average Bonchev–Trinajstić information content (AvgIpc) is 3.21. The Morgan fingerprint density at radius 1 is 1.32 bits per heavy atom. The highest BCUT2D eigenvalue weighted by Crippen LogP contribution is 2.33. The largest absolute Gasteiger partial charge is 0.365 e. The zero-order chi connectivity index (χ0) is 17.8. The lowest BCUT2D eigenvalue weighted by Crippen LogP contribution is -2.25. The van der Waals surface area contributed by atoms with Gasteiger partial charge in [0.2, 0.25) is 0 Å². The minimum absolute atomic E-state index is 0.0228. The van der Waals surface area contributed by atoms with E-state index in [0.29, 0.717) is 12.5 Å². The van der Waals surface area contributed by atoms with E-state index in [-0.39, 0.29) is 5.91 Å². The molecule has 0 unspecified atom stereocenters. The summed E-state index contributed by atoms with van der Waals surface area (Å²) >= 11 is 3.13. The first-order chi connectivity index (χ1) is 12.1. The Morgan fingerprint density at radius 2 is 2.16 bits per heavy atom. The summed E-state index contributed by atoms with van der Waals surface area (Å²) in [4.78, 5) is 24.0. The normalized spacial score (nSPS) is 11.2. The highest BCUT2D eigenvalue weighted by atomic mass is 32.1. The molecule has 0 spiro atoms. The number of thiophene rings is 2. The van der Waals surface area contributed by atoms with E-state index >= 15 is 0 Å². The molecule has 0 aliphatic heterocycles. The van der Waals surface area contributed by atoms with Gasteiger partial charge in [-0.3, -0.25) is 4.79 Å². The third-order valence-corrected chi connectivity index (χ3v) is 6.03. The maximum Gasteiger partial charge on any atom is 0.261 e. The van der Waals surface area contributed by atoms with Crippen LogP contribution < -0.4 is 10.6 Å². The van der Waals surface area contributed by atoms with E-state index in [0.717, 1.165) is 39.4 Å². The monoisotopic (exact) mass is 374 g/mol. The van der Waals surface area contributed by atoms with Crippen molar-refractivity contribution >= 4 is 44.6 Å². The molecule has 3 rings (SSSR count). The van der Waals surface area contributed by atoms with Gasteiger partial charge in [-0.1, -0.05) is 19.9 Å². The van der Waals surface area contributed by atoms with Gasteiger partial charge < -0.3 is 10.6 Å². The number of rotatable bonds is 7. The summed E-state index contributed by atoms with van der Waals surface area (Å²) in [6.45, 7) is 7.68. The minimum atomic E-state index is -0.0228. The van der Waals surface area contributed by atoms with Gasteiger partial charge in [-0.15, -0.1) is 22.7 Å². The number of hydrogen-bond donors (Lipinski definition) is 2. The lowest BCUT2D eigenvalue weighted by atomic mass is 10.1. The predicted molar refractivity (Wildman–Crippen MR) is 106 cm³/mol. The van der Waals surface area contributed by atoms with E-state index in [4.69, 9.17) is 0 Å². The van der Waals surface area contributed by atoms with Crippen molar-refractivity contribution in [3.8, 4) is 0 Å². The zero-order valence-electron chi connectivity index (χ0n) is 14.6. The maximum absolute atomic E-state index is 12.5. The van der Waals surface area contributed by atoms with Crippen LogP contribution >= 0.6 is 22.7 Å². The van der Waals surface area contributed by atoms with E-state index in [9.17, 15) is 4.79 Å². The van der Waals surface area contributed by atoms with Crippen LogP contribution in [0.1, 0.15) is 40.4 Å². The lowest BCUT2D eigenvalue weighted by molar-refractivity contribution is 0.0955. The Hall–Kier alpha value is -1.99. The molecular formula is C18H22N4OS2. The van der Waals surface area contributed by atoms with Gasteiger partial charge in [0.05, 0.1) is 16.8 Å². The SMILES string of the molecule is Cc1c(C(=O)NCCC(C)C)sc2ncnc(NCc3cccs3)c12. The molecule has 3 heterocycles. The highest BCUT2D eigenvalue weighted by Gasteiger charge is 2.19. The Balaban J connectivity index is 1.81. The number of anilines is 1. The average molecular weight is 375 g/mol. The first-order valence-electron chi connectivity index (χ1n) is 8.34. The Labute approximate surface area is 155 Å². The van der Waals surface area contributed by atoms with Crippen LogP contribution in [0, 0.1) is 12.8 Å². The van der Waals surface area contributed by atoms with Gasteiger partial charge in [-0.05, 0) is 36.3 Å². The number of aromatic nitrogens is 2. The number of carbonyl (C=O) groups is 1. The molecule has 0 fully saturated rings. The predicted octanol–water partition coefficient (Wildman–Crippen LogP) is 4.45. The molecule has 0 aliphatic rings. The number of amides is 1. The molecule has 0 aromatic carbocycles. The minimum Gasteiger partial charge on any atom is -0.365 e. The third-order valence-electron chi connectivity index (χ3n) is 3.95. The molecular weight excluding hydrogens is 352 g/mol. The molecule has 0 atom stereocenters. The van der Waals surface area contributed by atoms with Crippen molar-refractivity contribution in [2.24, 2.45) is 5.92 Å². The van der Waals surface area contributed by atoms with Crippen LogP contribution in [0.5, 0.6) is 0 Å². The van der Waals surface area contributed by atoms with Crippen molar-refractivity contribution in [1.29, 1.82) is 0 Å². The molecule has 3 aromatic heterocycles. The molecule has 1 amide bonds. The summed E-state index contributed by atoms with van der Waals surface area (Å²) in [7, 11) is 0. The topological polar surface area (TPSA) is 66.9 Å². The molecule has 25 heavy (non-hydrogen) atoms. The summed E-state index contributed by atoms with van der Waals surface area (Å²) in [5.41, 5.74) is 0.941. The summed E-state index contributed by atoms with van der Waals surface area (Å²) in [5, 5.41) is 9.39. The number of nitrogens with one attached hydrogen (secondary N) is 2. The van der Waals surface area contributed by atoms with Gasteiger partial charge in [0.1, 0.15) is 17.0 Å². The van der Waals surface area contributed by atoms with Crippen molar-refractivity contribution in [3.05, 3.63) is 39.2 Å². The summed E-state index contributed by atoms with van der Waals surface area (Å²) in [5.74, 6) is 1.33. The summed E-state index contributed by atoms with van der Waals surface area (Å²) in [6.07, 6.45) is 2.53. The van der Waals surface area contributed by atoms with Crippen LogP contribution in [0.2, 0.25) is 0 Å². The van der Waals surface area contributed by atoms with E-state index in [1.165, 1.54) is 16.2 Å². The van der Waals surface area contributed by atoms with Crippen LogP contribution in [0.25, 0.3) is 10.2 Å². The second-order valence-corrected chi connectivity index (χ2v) is 8.36. The van der Waals surface area contributed by atoms with Crippen LogP contribution in [-0.4, -0.2) is 22.4 Å². The van der Waals surface area contributed by atoms with Crippen molar-refractivity contribution in [2.45, 2.75) is 33.7 Å². The molecule has 0 saturated heterocycles. The van der Waals surface area contributed by atoms with Gasteiger partial charge in [-0.2, -0.15) is 0 Å². The number of carbonyl (C=O) groups excluding carboxylic acids is 1. The van der Waals surface area contributed by atoms with Crippen LogP contribution in [0.15, 0.2) is 23.8 Å². The molecule has 7 heteroatoms. The van der Waals surface area contributed by atoms with Gasteiger partial charge in [0.15, 0.2) is 0 Å². The van der Waals surface area contributed by atoms with E-state index < -0.39 is 0 Å². The number of nitrogens with zero attached hydrogens (tertiary/aromatic N) is 2. The molecule has 0 bridgehead atoms. The van der Waals surface area contributed by atoms with Crippen LogP contribution in [0.4, 0.5) is 5.82 Å². The van der Waals surface area contributed by atoms with Crippen LogP contribution in [-0.2, 0) is 6.54 Å². The smallest absolute Gasteiger partial charge is 0.261 e. The fourth-order valence-corrected chi connectivity index (χ4v) is 4.27. The van der Waals surface area contributed by atoms with Gasteiger partial charge in [0.25, 0.3) is 5.91 Å². The number of fused-ring (bicyclic) bond motifs is 1. The molecule has 3 aromatic rings. The van der Waals surface area contributed by atoms with Gasteiger partial charge in [0, 0.05) is 11.4 Å². The summed E-state index contributed by atoms with van der Waals surface area (Å²) in [6, 6.07) is 4.12. The van der Waals surface area contributed by atoms with Crippen molar-refractivity contribution in [1.82, 2.24) is 15.3 Å². The fraction of sp³-hybridized carbons (Fsp3) is 0.389. The van der Waals surface area contributed by atoms with E-state index in [1.54, 1.807) is 17.7 Å². The quantitative estimate of drug-likeness (QED) is 0.641. The fourth-order valence-electron chi connectivity index (χ4n) is 2.56. The van der Waals surface area contributed by atoms with Crippen molar-refractivity contribution in [3.63, 3.8) is 0 Å². The third kappa shape index (κ3) is 4.16. The first-order valence-corrected chi connectivity index (χ1v) is 10.0. The second-order valence-electron chi connectivity index (χ2n) is 6.33. The standard InChI is InChI=1S/C18H22N4OS2/c1-11(2)6-7-19-17(23)15-12(3)14-16(21-10-22-18(14)25-15)20-9-13-5-4-8-24-13/h4-5,8,10-11H,6-7,9H2,1-3H3,(H,19,23)(H,20,21,22). The van der Waals surface area contributed by atoms with Gasteiger partial charge >= 0.3 is 0 Å². The second kappa shape index (κ2) is 7.93. The Bertz CT molecular complexity index is 855. The van der Waals surface area contributed by atoms with Gasteiger partial charge in [-0.25, -0.2) is 9.97 Å². The Morgan fingerprint density at radius 3 is 2.88 bits per heavy atom. The van der Waals surface area contributed by atoms with Crippen molar-refractivity contribution in [2.75, 3.05) is 11.9 Å². The molecule has 0 radical (unpaired) electrons. The zero-order valence-corrected chi connectivity index (χ0v) is 16.3. The van der Waals surface area contributed by atoms with Crippen molar-refractivity contribution < 1.29 is 4.79 Å². The van der Waals surface area contributed by atoms with E-state index in [1.807, 2.05) is 13.0 Å². The number of aryl methyl sites for hydroxylation is 1. The molecule has 0 aliphatic carbocycles. The molecule has 5 nitrogen and oxygen atoms in total. The maximum atomic E-state index is 12.5. The highest BCUT2D eigenvalue weighted by molar-refractivity contribution is 7.20. The first kappa shape index (κ1) is 17.8. The summed E-state index contributed by atoms with van der Waals surface area (Å²) < 4.78 is 0. The molecule has 0 saturated carbocycles. The lowest BCUT2D eigenvalue weighted by Gasteiger charge is -2.07. The molecule has 2 N–H and O–H groups in total. The Kier molecular flexibility index (Phi) is 5.65. The van der Waals surface area contributed by atoms with Crippen LogP contribution in [0.3, 0.4) is 0 Å².